The van der Waals surface area contributed by atoms with Crippen LogP contribution in [0.5, 0.6) is 0 Å². The molecule has 3 amide bonds. The van der Waals surface area contributed by atoms with Crippen LogP contribution >= 0.6 is 0 Å². The summed E-state index contributed by atoms with van der Waals surface area (Å²) in [6, 6.07) is 4.40. The van der Waals surface area contributed by atoms with Gasteiger partial charge in [0.25, 0.3) is 0 Å². The molecule has 0 aliphatic heterocycles. The third kappa shape index (κ3) is 12.9. The van der Waals surface area contributed by atoms with Gasteiger partial charge in [-0.25, -0.2) is 4.79 Å². The van der Waals surface area contributed by atoms with Crippen LogP contribution in [0.3, 0.4) is 0 Å². The molecule has 4 unspecified atom stereocenters. The van der Waals surface area contributed by atoms with Crippen LogP contribution in [-0.4, -0.2) is 47.0 Å². The topological polar surface area (TPSA) is 87.7 Å². The minimum atomic E-state index is -0.816. The normalized spacial score (nSPS) is 14.5. The van der Waals surface area contributed by atoms with Gasteiger partial charge in [-0.15, -0.1) is 0 Å². The molecule has 0 aliphatic carbocycles. The van der Waals surface area contributed by atoms with Crippen molar-refractivity contribution in [3.8, 4) is 0 Å². The van der Waals surface area contributed by atoms with E-state index in [-0.39, 0.29) is 23.8 Å². The summed E-state index contributed by atoms with van der Waals surface area (Å²) in [5.74, 6) is -0.580. The lowest BCUT2D eigenvalue weighted by atomic mass is 9.93. The minimum Gasteiger partial charge on any atom is -0.444 e. The van der Waals surface area contributed by atoms with Crippen LogP contribution in [-0.2, 0) is 14.3 Å². The molecular formula is C34H59N3O4. The van der Waals surface area contributed by atoms with E-state index in [0.29, 0.717) is 13.0 Å². The molecule has 0 spiro atoms. The largest absolute Gasteiger partial charge is 0.444 e. The molecule has 0 saturated heterocycles. The fourth-order valence-corrected chi connectivity index (χ4v) is 5.14. The fraction of sp³-hybridized carbons (Fsp3) is 0.735. The molecular weight excluding hydrogens is 514 g/mol. The molecule has 0 saturated carbocycles. The number of alkyl carbamates (subject to hydrolysis) is 1. The molecule has 0 bridgehead atoms. The van der Waals surface area contributed by atoms with Gasteiger partial charge in [0.1, 0.15) is 17.7 Å². The number of hydrogen-bond donors (Lipinski definition) is 2. The van der Waals surface area contributed by atoms with Crippen molar-refractivity contribution in [2.75, 3.05) is 6.54 Å². The predicted octanol–water partition coefficient (Wildman–Crippen LogP) is 7.78. The lowest BCUT2D eigenvalue weighted by Crippen LogP contribution is -2.56. The van der Waals surface area contributed by atoms with Gasteiger partial charge < -0.3 is 20.3 Å². The summed E-state index contributed by atoms with van der Waals surface area (Å²) >= 11 is 0. The number of nitrogens with zero attached hydrogens (tertiary/aromatic N) is 1. The molecule has 0 aromatic heterocycles. The molecule has 1 rings (SSSR count). The molecule has 2 N–H and O–H groups in total. The number of hydrogen-bond acceptors (Lipinski definition) is 4. The summed E-state index contributed by atoms with van der Waals surface area (Å²) < 4.78 is 5.53. The molecule has 234 valence electrons. The van der Waals surface area contributed by atoms with E-state index in [0.717, 1.165) is 55.2 Å². The molecule has 0 radical (unpaired) electrons. The van der Waals surface area contributed by atoms with Gasteiger partial charge in [-0.1, -0.05) is 96.4 Å². The second-order valence-corrected chi connectivity index (χ2v) is 12.8. The molecule has 7 heteroatoms. The second kappa shape index (κ2) is 18.1. The van der Waals surface area contributed by atoms with E-state index < -0.39 is 23.8 Å². The molecule has 0 aliphatic rings. The van der Waals surface area contributed by atoms with Crippen LogP contribution in [0.4, 0.5) is 4.79 Å². The van der Waals surface area contributed by atoms with Crippen molar-refractivity contribution in [2.45, 2.75) is 151 Å². The lowest BCUT2D eigenvalue weighted by molar-refractivity contribution is -0.143. The Kier molecular flexibility index (Phi) is 16.1. The van der Waals surface area contributed by atoms with Gasteiger partial charge in [-0.05, 0) is 71.4 Å². The summed E-state index contributed by atoms with van der Waals surface area (Å²) in [7, 11) is 0. The molecule has 0 heterocycles. The maximum Gasteiger partial charge on any atom is 0.408 e. The number of carbonyl (C=O) groups excluding carboxylic acids is 3. The third-order valence-corrected chi connectivity index (χ3v) is 7.58. The van der Waals surface area contributed by atoms with Crippen molar-refractivity contribution >= 4 is 17.9 Å². The summed E-state index contributed by atoms with van der Waals surface area (Å²) in [6.45, 7) is 20.1. The highest BCUT2D eigenvalue weighted by Gasteiger charge is 2.38. The van der Waals surface area contributed by atoms with E-state index >= 15 is 0 Å². The summed E-state index contributed by atoms with van der Waals surface area (Å²) in [5.41, 5.74) is 2.19. The number of rotatable bonds is 17. The van der Waals surface area contributed by atoms with Crippen molar-refractivity contribution < 1.29 is 19.1 Å². The summed E-state index contributed by atoms with van der Waals surface area (Å²) in [4.78, 5) is 43.1. The van der Waals surface area contributed by atoms with Crippen LogP contribution in [0.2, 0.25) is 0 Å². The van der Waals surface area contributed by atoms with E-state index in [4.69, 9.17) is 4.74 Å². The second-order valence-electron chi connectivity index (χ2n) is 12.8. The minimum absolute atomic E-state index is 0.0167. The van der Waals surface area contributed by atoms with E-state index in [1.54, 1.807) is 25.7 Å². The number of benzene rings is 1. The van der Waals surface area contributed by atoms with E-state index in [1.807, 2.05) is 46.8 Å². The Bertz CT molecular complexity index is 956. The Labute approximate surface area is 250 Å². The lowest BCUT2D eigenvalue weighted by Gasteiger charge is -2.37. The van der Waals surface area contributed by atoms with Gasteiger partial charge in [0.2, 0.25) is 11.8 Å². The Hall–Kier alpha value is -2.57. The molecule has 7 nitrogen and oxygen atoms in total. The summed E-state index contributed by atoms with van der Waals surface area (Å²) in [5, 5.41) is 6.05. The predicted molar refractivity (Wildman–Crippen MR) is 169 cm³/mol. The zero-order chi connectivity index (χ0) is 31.2. The first-order valence-electron chi connectivity index (χ1n) is 15.9. The van der Waals surface area contributed by atoms with Gasteiger partial charge in [-0.2, -0.15) is 0 Å². The van der Waals surface area contributed by atoms with Gasteiger partial charge in [-0.3, -0.25) is 9.59 Å². The van der Waals surface area contributed by atoms with Crippen LogP contribution in [0.15, 0.2) is 18.2 Å². The average molecular weight is 574 g/mol. The first kappa shape index (κ1) is 36.5. The number of ether oxygens (including phenoxy) is 1. The third-order valence-electron chi connectivity index (χ3n) is 7.58. The molecule has 0 fully saturated rings. The highest BCUT2D eigenvalue weighted by Crippen LogP contribution is 2.29. The van der Waals surface area contributed by atoms with Gasteiger partial charge in [0.05, 0.1) is 0 Å². The number of unbranched alkanes of at least 4 members (excludes halogenated alkanes) is 5. The highest BCUT2D eigenvalue weighted by atomic mass is 16.6. The average Bonchev–Trinajstić information content (AvgIpc) is 2.87. The Morgan fingerprint density at radius 2 is 1.54 bits per heavy atom. The number of nitrogens with one attached hydrogen (secondary N) is 2. The van der Waals surface area contributed by atoms with Crippen molar-refractivity contribution in [1.29, 1.82) is 0 Å². The van der Waals surface area contributed by atoms with Crippen molar-refractivity contribution in [3.05, 3.63) is 34.9 Å². The van der Waals surface area contributed by atoms with Gasteiger partial charge in [0, 0.05) is 12.6 Å². The van der Waals surface area contributed by atoms with Crippen LogP contribution in [0.25, 0.3) is 0 Å². The molecule has 4 atom stereocenters. The van der Waals surface area contributed by atoms with Crippen LogP contribution in [0, 0.1) is 19.8 Å². The number of aryl methyl sites for hydroxylation is 2. The maximum atomic E-state index is 14.5. The van der Waals surface area contributed by atoms with Crippen LogP contribution < -0.4 is 10.6 Å². The molecule has 1 aromatic rings. The quantitative estimate of drug-likeness (QED) is 0.186. The monoisotopic (exact) mass is 573 g/mol. The van der Waals surface area contributed by atoms with Crippen LogP contribution in [0.1, 0.15) is 136 Å². The van der Waals surface area contributed by atoms with E-state index in [2.05, 4.69) is 30.5 Å². The van der Waals surface area contributed by atoms with Crippen molar-refractivity contribution in [2.24, 2.45) is 5.92 Å². The van der Waals surface area contributed by atoms with E-state index in [1.165, 1.54) is 12.8 Å². The Balaban J connectivity index is 3.56. The SMILES string of the molecule is CCCCCCCCN(C(=O)C(NC(=O)OC(C)(C)C)C(C)CC)C(C(=O)NC(C)CCC)c1ccc(C)cc1C. The molecule has 41 heavy (non-hydrogen) atoms. The van der Waals surface area contributed by atoms with Gasteiger partial charge in [0.15, 0.2) is 0 Å². The smallest absolute Gasteiger partial charge is 0.408 e. The highest BCUT2D eigenvalue weighted by molar-refractivity contribution is 5.92. The first-order chi connectivity index (χ1) is 19.2. The van der Waals surface area contributed by atoms with Gasteiger partial charge >= 0.3 is 6.09 Å². The maximum absolute atomic E-state index is 14.5. The number of carbonyl (C=O) groups is 3. The first-order valence-corrected chi connectivity index (χ1v) is 15.9. The van der Waals surface area contributed by atoms with Crippen molar-refractivity contribution in [1.82, 2.24) is 15.5 Å². The fourth-order valence-electron chi connectivity index (χ4n) is 5.14. The standard InChI is InChI=1S/C34H59N3O4/c1-11-14-15-16-17-18-22-37(32(39)29(25(5)13-3)36-33(40)41-34(8,9)10)30(31(38)35-27(7)19-12-2)28-21-20-24(4)23-26(28)6/h20-21,23,25,27,29-30H,11-19,22H2,1-10H3,(H,35,38)(H,36,40). The Morgan fingerprint density at radius 3 is 2.10 bits per heavy atom. The number of amides is 3. The zero-order valence-electron chi connectivity index (χ0n) is 27.7. The zero-order valence-corrected chi connectivity index (χ0v) is 27.7. The Morgan fingerprint density at radius 1 is 0.902 bits per heavy atom. The van der Waals surface area contributed by atoms with E-state index in [9.17, 15) is 14.4 Å². The van der Waals surface area contributed by atoms with Crippen molar-refractivity contribution in [3.63, 3.8) is 0 Å². The summed E-state index contributed by atoms with van der Waals surface area (Å²) in [6.07, 6.45) is 8.25. The molecule has 1 aromatic carbocycles.